The Morgan fingerprint density at radius 2 is 1.79 bits per heavy atom. The van der Waals surface area contributed by atoms with Gasteiger partial charge in [0.1, 0.15) is 5.75 Å². The number of hydrogen-bond acceptors (Lipinski definition) is 2. The quantitative estimate of drug-likeness (QED) is 0.836. The molecule has 2 nitrogen and oxygen atoms in total. The molecule has 0 saturated carbocycles. The highest BCUT2D eigenvalue weighted by molar-refractivity contribution is 9.10. The first-order valence-corrected chi connectivity index (χ1v) is 7.50. The van der Waals surface area contributed by atoms with Gasteiger partial charge in [-0.2, -0.15) is 0 Å². The molecule has 2 aromatic rings. The van der Waals surface area contributed by atoms with E-state index in [0.717, 1.165) is 14.7 Å². The molecule has 0 saturated heterocycles. The minimum Gasteiger partial charge on any atom is -0.496 e. The van der Waals surface area contributed by atoms with Crippen LogP contribution in [0.4, 0.5) is 0 Å². The van der Waals surface area contributed by atoms with Crippen molar-refractivity contribution < 1.29 is 4.74 Å². The van der Waals surface area contributed by atoms with Crippen LogP contribution >= 0.6 is 31.9 Å². The van der Waals surface area contributed by atoms with E-state index in [0.29, 0.717) is 0 Å². The van der Waals surface area contributed by atoms with Gasteiger partial charge in [0.2, 0.25) is 0 Å². The predicted molar refractivity (Wildman–Crippen MR) is 85.7 cm³/mol. The summed E-state index contributed by atoms with van der Waals surface area (Å²) >= 11 is 7.04. The minimum atomic E-state index is 0.153. The number of halogens is 2. The maximum atomic E-state index is 5.26. The van der Waals surface area contributed by atoms with Crippen LogP contribution in [0.5, 0.6) is 5.75 Å². The summed E-state index contributed by atoms with van der Waals surface area (Å²) in [6.45, 7) is 0. The number of methoxy groups -OCH3 is 1. The fourth-order valence-corrected chi connectivity index (χ4v) is 3.05. The molecule has 1 N–H and O–H groups in total. The standard InChI is InChI=1S/C15H15Br2NO/c1-18-15(10-4-3-5-12(16)8-10)11-6-7-14(19-2)13(17)9-11/h3-9,15,18H,1-2H3. The molecule has 0 aliphatic heterocycles. The maximum absolute atomic E-state index is 5.26. The zero-order valence-electron chi connectivity index (χ0n) is 10.8. The molecule has 100 valence electrons. The highest BCUT2D eigenvalue weighted by Crippen LogP contribution is 2.31. The van der Waals surface area contributed by atoms with Gasteiger partial charge in [-0.15, -0.1) is 0 Å². The van der Waals surface area contributed by atoms with Gasteiger partial charge in [0.05, 0.1) is 17.6 Å². The average molecular weight is 385 g/mol. The van der Waals surface area contributed by atoms with E-state index >= 15 is 0 Å². The van der Waals surface area contributed by atoms with Crippen molar-refractivity contribution in [2.75, 3.05) is 14.2 Å². The van der Waals surface area contributed by atoms with E-state index in [1.54, 1.807) is 7.11 Å². The van der Waals surface area contributed by atoms with Crippen LogP contribution in [0, 0.1) is 0 Å². The summed E-state index contributed by atoms with van der Waals surface area (Å²) in [6.07, 6.45) is 0. The lowest BCUT2D eigenvalue weighted by atomic mass is 9.99. The third-order valence-electron chi connectivity index (χ3n) is 2.98. The molecule has 0 spiro atoms. The highest BCUT2D eigenvalue weighted by Gasteiger charge is 2.13. The Kier molecular flexibility index (Phi) is 5.02. The lowest BCUT2D eigenvalue weighted by molar-refractivity contribution is 0.412. The van der Waals surface area contributed by atoms with E-state index in [-0.39, 0.29) is 6.04 Å². The lowest BCUT2D eigenvalue weighted by Gasteiger charge is -2.18. The van der Waals surface area contributed by atoms with Crippen LogP contribution in [0.2, 0.25) is 0 Å². The van der Waals surface area contributed by atoms with E-state index < -0.39 is 0 Å². The van der Waals surface area contributed by atoms with Crippen molar-refractivity contribution in [2.24, 2.45) is 0 Å². The van der Waals surface area contributed by atoms with Crippen LogP contribution in [0.15, 0.2) is 51.4 Å². The molecule has 0 amide bonds. The fourth-order valence-electron chi connectivity index (χ4n) is 2.07. The Labute approximate surface area is 130 Å². The van der Waals surface area contributed by atoms with E-state index in [1.807, 2.05) is 25.2 Å². The molecule has 2 rings (SSSR count). The van der Waals surface area contributed by atoms with Crippen LogP contribution in [0.1, 0.15) is 17.2 Å². The van der Waals surface area contributed by atoms with E-state index in [2.05, 4.69) is 61.4 Å². The predicted octanol–water partition coefficient (Wildman–Crippen LogP) is 4.53. The molecule has 0 heterocycles. The van der Waals surface area contributed by atoms with Gasteiger partial charge in [0, 0.05) is 4.47 Å². The van der Waals surface area contributed by atoms with E-state index in [4.69, 9.17) is 4.74 Å². The Morgan fingerprint density at radius 3 is 2.37 bits per heavy atom. The van der Waals surface area contributed by atoms with Gasteiger partial charge in [-0.3, -0.25) is 0 Å². The SMILES string of the molecule is CNC(c1cccc(Br)c1)c1ccc(OC)c(Br)c1. The van der Waals surface area contributed by atoms with Gasteiger partial charge >= 0.3 is 0 Å². The summed E-state index contributed by atoms with van der Waals surface area (Å²) in [5, 5.41) is 3.34. The van der Waals surface area contributed by atoms with E-state index in [9.17, 15) is 0 Å². The third kappa shape index (κ3) is 3.38. The van der Waals surface area contributed by atoms with Crippen molar-refractivity contribution in [2.45, 2.75) is 6.04 Å². The molecule has 0 aromatic heterocycles. The van der Waals surface area contributed by atoms with Crippen LogP contribution in [0.3, 0.4) is 0 Å². The van der Waals surface area contributed by atoms with Gasteiger partial charge in [-0.25, -0.2) is 0 Å². The van der Waals surface area contributed by atoms with Crippen molar-refractivity contribution in [1.29, 1.82) is 0 Å². The number of hydrogen-bond donors (Lipinski definition) is 1. The van der Waals surface area contributed by atoms with Crippen molar-refractivity contribution in [1.82, 2.24) is 5.32 Å². The molecule has 2 aromatic carbocycles. The third-order valence-corrected chi connectivity index (χ3v) is 4.09. The van der Waals surface area contributed by atoms with Crippen molar-refractivity contribution in [3.8, 4) is 5.75 Å². The van der Waals surface area contributed by atoms with Crippen LogP contribution in [-0.4, -0.2) is 14.2 Å². The van der Waals surface area contributed by atoms with Gasteiger partial charge in [0.15, 0.2) is 0 Å². The van der Waals surface area contributed by atoms with Crippen LogP contribution in [-0.2, 0) is 0 Å². The molecular formula is C15H15Br2NO. The second-order valence-corrected chi connectivity index (χ2v) is 5.94. The molecular weight excluding hydrogens is 370 g/mol. The number of benzene rings is 2. The van der Waals surface area contributed by atoms with E-state index in [1.165, 1.54) is 11.1 Å². The molecule has 0 bridgehead atoms. The van der Waals surface area contributed by atoms with Crippen molar-refractivity contribution in [3.05, 3.63) is 62.5 Å². The van der Waals surface area contributed by atoms with Gasteiger partial charge in [-0.1, -0.05) is 34.1 Å². The molecule has 1 atom stereocenters. The summed E-state index contributed by atoms with van der Waals surface area (Å²) in [5.41, 5.74) is 2.40. The van der Waals surface area contributed by atoms with Gasteiger partial charge < -0.3 is 10.1 Å². The van der Waals surface area contributed by atoms with Crippen LogP contribution < -0.4 is 10.1 Å². The summed E-state index contributed by atoms with van der Waals surface area (Å²) in [4.78, 5) is 0. The first kappa shape index (κ1) is 14.6. The van der Waals surface area contributed by atoms with Gasteiger partial charge in [0.25, 0.3) is 0 Å². The molecule has 0 aliphatic carbocycles. The summed E-state index contributed by atoms with van der Waals surface area (Å²) < 4.78 is 7.31. The topological polar surface area (TPSA) is 21.3 Å². The number of rotatable bonds is 4. The monoisotopic (exact) mass is 383 g/mol. The number of ether oxygens (including phenoxy) is 1. The molecule has 4 heteroatoms. The summed E-state index contributed by atoms with van der Waals surface area (Å²) in [5.74, 6) is 0.841. The smallest absolute Gasteiger partial charge is 0.133 e. The molecule has 0 radical (unpaired) electrons. The summed E-state index contributed by atoms with van der Waals surface area (Å²) in [7, 11) is 3.63. The number of nitrogens with one attached hydrogen (secondary N) is 1. The Bertz CT molecular complexity index is 572. The van der Waals surface area contributed by atoms with Gasteiger partial charge in [-0.05, 0) is 58.4 Å². The Hall–Kier alpha value is -0.840. The molecule has 1 unspecified atom stereocenters. The second kappa shape index (κ2) is 6.55. The summed E-state index contributed by atoms with van der Waals surface area (Å²) in [6, 6.07) is 14.6. The Morgan fingerprint density at radius 1 is 1.05 bits per heavy atom. The highest BCUT2D eigenvalue weighted by atomic mass is 79.9. The molecule has 0 fully saturated rings. The second-order valence-electron chi connectivity index (χ2n) is 4.17. The fraction of sp³-hybridized carbons (Fsp3) is 0.200. The minimum absolute atomic E-state index is 0.153. The lowest BCUT2D eigenvalue weighted by Crippen LogP contribution is -2.17. The molecule has 19 heavy (non-hydrogen) atoms. The Balaban J connectivity index is 2.39. The first-order valence-electron chi connectivity index (χ1n) is 5.92. The maximum Gasteiger partial charge on any atom is 0.133 e. The van der Waals surface area contributed by atoms with Crippen molar-refractivity contribution >= 4 is 31.9 Å². The normalized spacial score (nSPS) is 12.2. The van der Waals surface area contributed by atoms with Crippen LogP contribution in [0.25, 0.3) is 0 Å². The zero-order chi connectivity index (χ0) is 13.8. The van der Waals surface area contributed by atoms with Crippen molar-refractivity contribution in [3.63, 3.8) is 0 Å². The first-order chi connectivity index (χ1) is 9.15. The molecule has 0 aliphatic rings. The average Bonchev–Trinajstić information content (AvgIpc) is 2.40. The zero-order valence-corrected chi connectivity index (χ0v) is 14.0. The largest absolute Gasteiger partial charge is 0.496 e.